The molecule has 2 aromatic rings. The molecule has 0 aromatic heterocycles. The molecule has 2 aromatic carbocycles. The highest BCUT2D eigenvalue weighted by Crippen LogP contribution is 2.26. The van der Waals surface area contributed by atoms with Crippen LogP contribution in [0.5, 0.6) is 5.75 Å². The van der Waals surface area contributed by atoms with E-state index >= 15 is 0 Å². The van der Waals surface area contributed by atoms with Gasteiger partial charge in [0.05, 0.1) is 19.2 Å². The molecule has 160 valence electrons. The predicted octanol–water partition coefficient (Wildman–Crippen LogP) is 3.35. The number of hydrogen-bond donors (Lipinski definition) is 2. The molecule has 0 radical (unpaired) electrons. The lowest BCUT2D eigenvalue weighted by atomic mass is 10.1. The van der Waals surface area contributed by atoms with Gasteiger partial charge in [0.1, 0.15) is 5.75 Å². The van der Waals surface area contributed by atoms with Crippen LogP contribution in [0.2, 0.25) is 0 Å². The molecule has 1 heterocycles. The minimum absolute atomic E-state index is 0.116. The molecule has 0 spiro atoms. The van der Waals surface area contributed by atoms with Gasteiger partial charge in [-0.3, -0.25) is 4.79 Å². The van der Waals surface area contributed by atoms with Crippen LogP contribution in [0, 0.1) is 6.92 Å². The van der Waals surface area contributed by atoms with E-state index in [9.17, 15) is 9.59 Å². The number of anilines is 2. The Labute approximate surface area is 178 Å². The van der Waals surface area contributed by atoms with Crippen LogP contribution in [-0.2, 0) is 11.2 Å². The molecule has 7 heteroatoms. The van der Waals surface area contributed by atoms with Crippen LogP contribution in [0.3, 0.4) is 0 Å². The van der Waals surface area contributed by atoms with E-state index in [1.165, 1.54) is 0 Å². The van der Waals surface area contributed by atoms with Gasteiger partial charge in [0.25, 0.3) is 0 Å². The Morgan fingerprint density at radius 2 is 1.77 bits per heavy atom. The SMILES string of the molecule is COc1cc(CC(=O)N2CCCN(C)CC2)ccc1NC(=O)Nc1ccccc1C. The Hall–Kier alpha value is -3.06. The van der Waals surface area contributed by atoms with Gasteiger partial charge in [-0.15, -0.1) is 0 Å². The van der Waals surface area contributed by atoms with E-state index in [1.54, 1.807) is 13.2 Å². The van der Waals surface area contributed by atoms with Crippen LogP contribution in [0.1, 0.15) is 17.5 Å². The lowest BCUT2D eigenvalue weighted by Crippen LogP contribution is -2.35. The minimum atomic E-state index is -0.347. The Bertz CT molecular complexity index is 900. The number of likely N-dealkylation sites (N-methyl/N-ethyl adjacent to an activating group) is 1. The van der Waals surface area contributed by atoms with E-state index in [4.69, 9.17) is 4.74 Å². The second-order valence-electron chi connectivity index (χ2n) is 7.64. The van der Waals surface area contributed by atoms with Crippen molar-refractivity contribution in [1.82, 2.24) is 9.80 Å². The van der Waals surface area contributed by atoms with Crippen LogP contribution in [0.4, 0.5) is 16.2 Å². The number of amides is 3. The van der Waals surface area contributed by atoms with Crippen molar-refractivity contribution < 1.29 is 14.3 Å². The third kappa shape index (κ3) is 5.73. The first-order valence-electron chi connectivity index (χ1n) is 10.2. The third-order valence-electron chi connectivity index (χ3n) is 5.33. The van der Waals surface area contributed by atoms with Crippen molar-refractivity contribution in [2.45, 2.75) is 19.8 Å². The fourth-order valence-electron chi connectivity index (χ4n) is 3.52. The summed E-state index contributed by atoms with van der Waals surface area (Å²) in [4.78, 5) is 29.3. The van der Waals surface area contributed by atoms with Crippen molar-refractivity contribution in [2.24, 2.45) is 0 Å². The van der Waals surface area contributed by atoms with E-state index < -0.39 is 0 Å². The van der Waals surface area contributed by atoms with E-state index in [0.717, 1.165) is 49.4 Å². The average molecular weight is 411 g/mol. The molecule has 2 N–H and O–H groups in total. The fraction of sp³-hybridized carbons (Fsp3) is 0.391. The molecule has 0 unspecified atom stereocenters. The first-order valence-corrected chi connectivity index (χ1v) is 10.2. The number of benzene rings is 2. The number of nitrogens with one attached hydrogen (secondary N) is 2. The number of nitrogens with zero attached hydrogens (tertiary/aromatic N) is 2. The highest BCUT2D eigenvalue weighted by atomic mass is 16.5. The topological polar surface area (TPSA) is 73.9 Å². The molecule has 1 saturated heterocycles. The molecule has 30 heavy (non-hydrogen) atoms. The molecular formula is C23H30N4O3. The number of urea groups is 1. The van der Waals surface area contributed by atoms with Gasteiger partial charge in [0.2, 0.25) is 5.91 Å². The van der Waals surface area contributed by atoms with Gasteiger partial charge in [-0.25, -0.2) is 4.79 Å². The normalized spacial score (nSPS) is 14.7. The number of carbonyl (C=O) groups excluding carboxylic acids is 2. The molecule has 0 atom stereocenters. The highest BCUT2D eigenvalue weighted by molar-refractivity contribution is 6.01. The first kappa shape index (κ1) is 21.6. The maximum Gasteiger partial charge on any atom is 0.323 e. The Balaban J connectivity index is 1.63. The zero-order valence-electron chi connectivity index (χ0n) is 17.9. The summed E-state index contributed by atoms with van der Waals surface area (Å²) in [6.45, 7) is 5.39. The second-order valence-corrected chi connectivity index (χ2v) is 7.64. The van der Waals surface area contributed by atoms with Gasteiger partial charge in [-0.1, -0.05) is 24.3 Å². The van der Waals surface area contributed by atoms with Crippen LogP contribution in [-0.4, -0.2) is 62.1 Å². The van der Waals surface area contributed by atoms with Crippen LogP contribution in [0.25, 0.3) is 0 Å². The molecule has 7 nitrogen and oxygen atoms in total. The smallest absolute Gasteiger partial charge is 0.323 e. The summed E-state index contributed by atoms with van der Waals surface area (Å²) in [5.41, 5.74) is 3.14. The van der Waals surface area contributed by atoms with Gasteiger partial charge in [0.15, 0.2) is 0 Å². The van der Waals surface area contributed by atoms with Crippen LogP contribution >= 0.6 is 0 Å². The van der Waals surface area contributed by atoms with E-state index in [2.05, 4.69) is 22.6 Å². The van der Waals surface area contributed by atoms with Crippen molar-refractivity contribution in [1.29, 1.82) is 0 Å². The van der Waals surface area contributed by atoms with Crippen LogP contribution in [0.15, 0.2) is 42.5 Å². The number of rotatable bonds is 5. The van der Waals surface area contributed by atoms with Crippen molar-refractivity contribution in [3.05, 3.63) is 53.6 Å². The summed E-state index contributed by atoms with van der Waals surface area (Å²) in [5, 5.41) is 5.66. The molecule has 1 aliphatic rings. The quantitative estimate of drug-likeness (QED) is 0.793. The van der Waals surface area contributed by atoms with Crippen molar-refractivity contribution >= 4 is 23.3 Å². The second kappa shape index (κ2) is 10.1. The largest absolute Gasteiger partial charge is 0.495 e. The Kier molecular flexibility index (Phi) is 7.30. The van der Waals surface area contributed by atoms with E-state index in [1.807, 2.05) is 48.2 Å². The van der Waals surface area contributed by atoms with E-state index in [0.29, 0.717) is 17.9 Å². The maximum absolute atomic E-state index is 12.7. The van der Waals surface area contributed by atoms with Gasteiger partial charge in [-0.2, -0.15) is 0 Å². The predicted molar refractivity (Wildman–Crippen MR) is 119 cm³/mol. The molecule has 0 bridgehead atoms. The van der Waals surface area contributed by atoms with Gasteiger partial charge in [-0.05, 0) is 56.3 Å². The van der Waals surface area contributed by atoms with Crippen LogP contribution < -0.4 is 15.4 Å². The Morgan fingerprint density at radius 3 is 2.53 bits per heavy atom. The zero-order valence-corrected chi connectivity index (χ0v) is 17.9. The lowest BCUT2D eigenvalue weighted by Gasteiger charge is -2.21. The van der Waals surface area contributed by atoms with Crippen molar-refractivity contribution in [3.63, 3.8) is 0 Å². The van der Waals surface area contributed by atoms with Gasteiger partial charge in [0, 0.05) is 25.3 Å². The zero-order chi connectivity index (χ0) is 21.5. The minimum Gasteiger partial charge on any atom is -0.495 e. The molecule has 3 amide bonds. The summed E-state index contributed by atoms with van der Waals surface area (Å²) >= 11 is 0. The van der Waals surface area contributed by atoms with E-state index in [-0.39, 0.29) is 11.9 Å². The number of carbonyl (C=O) groups is 2. The number of methoxy groups -OCH3 is 1. The molecule has 3 rings (SSSR count). The summed E-state index contributed by atoms with van der Waals surface area (Å²) < 4.78 is 5.45. The summed E-state index contributed by atoms with van der Waals surface area (Å²) in [6.07, 6.45) is 1.31. The molecule has 1 aliphatic heterocycles. The third-order valence-corrected chi connectivity index (χ3v) is 5.33. The number of aryl methyl sites for hydroxylation is 1. The molecule has 1 fully saturated rings. The lowest BCUT2D eigenvalue weighted by molar-refractivity contribution is -0.130. The summed E-state index contributed by atoms with van der Waals surface area (Å²) in [5.74, 6) is 0.640. The molecular weight excluding hydrogens is 380 g/mol. The maximum atomic E-state index is 12.7. The van der Waals surface area contributed by atoms with Crippen molar-refractivity contribution in [2.75, 3.05) is 51.0 Å². The molecule has 0 aliphatic carbocycles. The standard InChI is InChI=1S/C23H30N4O3/c1-17-7-4-5-8-19(17)24-23(29)25-20-10-9-18(15-21(20)30-3)16-22(28)27-12-6-11-26(2)13-14-27/h4-5,7-10,15H,6,11-14,16H2,1-3H3,(H2,24,25,29). The summed E-state index contributed by atoms with van der Waals surface area (Å²) in [6, 6.07) is 12.7. The Morgan fingerprint density at radius 1 is 1.00 bits per heavy atom. The number of ether oxygens (including phenoxy) is 1. The van der Waals surface area contributed by atoms with Crippen molar-refractivity contribution in [3.8, 4) is 5.75 Å². The molecule has 0 saturated carbocycles. The fourth-order valence-corrected chi connectivity index (χ4v) is 3.52. The van der Waals surface area contributed by atoms with Gasteiger partial charge >= 0.3 is 6.03 Å². The highest BCUT2D eigenvalue weighted by Gasteiger charge is 2.18. The average Bonchev–Trinajstić information content (AvgIpc) is 2.95. The monoisotopic (exact) mass is 410 g/mol. The first-order chi connectivity index (χ1) is 14.5. The van der Waals surface area contributed by atoms with Gasteiger partial charge < -0.3 is 25.2 Å². The number of para-hydroxylation sites is 1. The summed E-state index contributed by atoms with van der Waals surface area (Å²) in [7, 11) is 3.63. The number of hydrogen-bond acceptors (Lipinski definition) is 4.